The van der Waals surface area contributed by atoms with Crippen LogP contribution in [0.2, 0.25) is 0 Å². The van der Waals surface area contributed by atoms with Crippen LogP contribution in [0.25, 0.3) is 11.1 Å². The minimum Gasteiger partial charge on any atom is -0.424 e. The molecule has 0 saturated carbocycles. The summed E-state index contributed by atoms with van der Waals surface area (Å²) in [5, 5.41) is 6.12. The minimum absolute atomic E-state index is 0.122. The van der Waals surface area contributed by atoms with Crippen LogP contribution in [0.1, 0.15) is 19.3 Å². The van der Waals surface area contributed by atoms with Gasteiger partial charge >= 0.3 is 0 Å². The molecule has 94 valence electrons. The molecular weight excluding hydrogens is 230 g/mol. The lowest BCUT2D eigenvalue weighted by molar-refractivity contribution is -0.120. The van der Waals surface area contributed by atoms with Crippen LogP contribution in [0.5, 0.6) is 0 Å². The summed E-state index contributed by atoms with van der Waals surface area (Å²) in [7, 11) is 0. The molecule has 2 heterocycles. The molecule has 5 nitrogen and oxygen atoms in total. The van der Waals surface area contributed by atoms with E-state index in [1.165, 1.54) is 0 Å². The molecule has 0 aliphatic carbocycles. The predicted octanol–water partition coefficient (Wildman–Crippen LogP) is 1.91. The van der Waals surface area contributed by atoms with Crippen LogP contribution in [-0.2, 0) is 4.79 Å². The van der Waals surface area contributed by atoms with Crippen LogP contribution in [-0.4, -0.2) is 23.5 Å². The summed E-state index contributed by atoms with van der Waals surface area (Å²) in [5.74, 6) is 0.122. The quantitative estimate of drug-likeness (QED) is 0.848. The lowest BCUT2D eigenvalue weighted by Crippen LogP contribution is -2.23. The number of hydrogen-bond acceptors (Lipinski definition) is 4. The van der Waals surface area contributed by atoms with Crippen LogP contribution in [0.3, 0.4) is 0 Å². The number of nitrogens with one attached hydrogen (secondary N) is 2. The van der Waals surface area contributed by atoms with E-state index in [1.807, 2.05) is 24.3 Å². The molecule has 3 rings (SSSR count). The molecule has 18 heavy (non-hydrogen) atoms. The van der Waals surface area contributed by atoms with Crippen molar-refractivity contribution in [3.63, 3.8) is 0 Å². The highest BCUT2D eigenvalue weighted by molar-refractivity contribution is 5.76. The Bertz CT molecular complexity index is 531. The molecule has 1 aliphatic rings. The van der Waals surface area contributed by atoms with Crippen molar-refractivity contribution in [2.45, 2.75) is 25.3 Å². The van der Waals surface area contributed by atoms with Crippen LogP contribution >= 0.6 is 0 Å². The van der Waals surface area contributed by atoms with Crippen LogP contribution < -0.4 is 10.6 Å². The van der Waals surface area contributed by atoms with Crippen molar-refractivity contribution in [1.29, 1.82) is 0 Å². The fourth-order valence-corrected chi connectivity index (χ4v) is 2.18. The van der Waals surface area contributed by atoms with Gasteiger partial charge in [0.15, 0.2) is 5.58 Å². The third-order valence-electron chi connectivity index (χ3n) is 3.16. The molecule has 2 N–H and O–H groups in total. The van der Waals surface area contributed by atoms with Gasteiger partial charge in [0.2, 0.25) is 5.91 Å². The van der Waals surface area contributed by atoms with Gasteiger partial charge < -0.3 is 15.1 Å². The molecule has 1 unspecified atom stereocenters. The Morgan fingerprint density at radius 2 is 2.22 bits per heavy atom. The second kappa shape index (κ2) is 4.68. The van der Waals surface area contributed by atoms with E-state index in [1.54, 1.807) is 0 Å². The fourth-order valence-electron chi connectivity index (χ4n) is 2.18. The maximum Gasteiger partial charge on any atom is 0.295 e. The average Bonchev–Trinajstić information content (AvgIpc) is 2.66. The largest absolute Gasteiger partial charge is 0.424 e. The zero-order valence-corrected chi connectivity index (χ0v) is 9.98. The number of fused-ring (bicyclic) bond motifs is 1. The van der Waals surface area contributed by atoms with E-state index in [0.717, 1.165) is 23.9 Å². The first-order chi connectivity index (χ1) is 8.81. The SMILES string of the molecule is O=C1CCC(Nc2nc3ccccc3o2)CCN1. The van der Waals surface area contributed by atoms with Crippen molar-refractivity contribution < 1.29 is 9.21 Å². The van der Waals surface area contributed by atoms with Gasteiger partial charge in [-0.05, 0) is 25.0 Å². The predicted molar refractivity (Wildman–Crippen MR) is 68.3 cm³/mol. The zero-order chi connectivity index (χ0) is 12.4. The van der Waals surface area contributed by atoms with E-state index in [9.17, 15) is 4.79 Å². The Balaban J connectivity index is 1.73. The highest BCUT2D eigenvalue weighted by Crippen LogP contribution is 2.20. The Labute approximate surface area is 105 Å². The highest BCUT2D eigenvalue weighted by Gasteiger charge is 2.17. The molecule has 1 fully saturated rings. The number of rotatable bonds is 2. The lowest BCUT2D eigenvalue weighted by Gasteiger charge is -2.12. The number of benzene rings is 1. The number of hydrogen-bond donors (Lipinski definition) is 2. The Kier molecular flexibility index (Phi) is 2.88. The Hall–Kier alpha value is -2.04. The lowest BCUT2D eigenvalue weighted by atomic mass is 10.1. The summed E-state index contributed by atoms with van der Waals surface area (Å²) in [6.45, 7) is 0.705. The van der Waals surface area contributed by atoms with Crippen LogP contribution in [0, 0.1) is 0 Å². The number of carbonyl (C=O) groups is 1. The molecule has 0 radical (unpaired) electrons. The molecule has 5 heteroatoms. The van der Waals surface area contributed by atoms with Crippen LogP contribution in [0.4, 0.5) is 6.01 Å². The Morgan fingerprint density at radius 3 is 3.11 bits per heavy atom. The normalized spacial score (nSPS) is 20.4. The molecule has 1 aromatic heterocycles. The molecule has 1 saturated heterocycles. The number of amides is 1. The third-order valence-corrected chi connectivity index (χ3v) is 3.16. The minimum atomic E-state index is 0.122. The number of oxazole rings is 1. The van der Waals surface area contributed by atoms with Gasteiger partial charge in [0, 0.05) is 19.0 Å². The van der Waals surface area contributed by atoms with E-state index in [0.29, 0.717) is 19.0 Å². The number of aromatic nitrogens is 1. The van der Waals surface area contributed by atoms with E-state index in [2.05, 4.69) is 15.6 Å². The first-order valence-corrected chi connectivity index (χ1v) is 6.20. The zero-order valence-electron chi connectivity index (χ0n) is 9.98. The maximum atomic E-state index is 11.2. The molecular formula is C13H15N3O2. The van der Waals surface area contributed by atoms with Gasteiger partial charge in [0.25, 0.3) is 6.01 Å². The highest BCUT2D eigenvalue weighted by atomic mass is 16.4. The van der Waals surface area contributed by atoms with E-state index < -0.39 is 0 Å². The van der Waals surface area contributed by atoms with Gasteiger partial charge in [0.1, 0.15) is 5.52 Å². The second-order valence-electron chi connectivity index (χ2n) is 4.51. The summed E-state index contributed by atoms with van der Waals surface area (Å²) in [5.41, 5.74) is 1.63. The van der Waals surface area contributed by atoms with E-state index in [-0.39, 0.29) is 11.9 Å². The standard InChI is InChI=1S/C13H15N3O2/c17-12-6-5-9(7-8-14-12)15-13-16-10-3-1-2-4-11(10)18-13/h1-4,9H,5-8H2,(H,14,17)(H,15,16). The van der Waals surface area contributed by atoms with Gasteiger partial charge in [-0.2, -0.15) is 4.98 Å². The van der Waals surface area contributed by atoms with E-state index >= 15 is 0 Å². The summed E-state index contributed by atoms with van der Waals surface area (Å²) < 4.78 is 5.61. The fraction of sp³-hybridized carbons (Fsp3) is 0.385. The molecule has 2 aromatic rings. The Morgan fingerprint density at radius 1 is 1.33 bits per heavy atom. The summed E-state index contributed by atoms with van der Waals surface area (Å²) in [6, 6.07) is 8.44. The second-order valence-corrected chi connectivity index (χ2v) is 4.51. The monoisotopic (exact) mass is 245 g/mol. The van der Waals surface area contributed by atoms with Crippen molar-refractivity contribution in [3.8, 4) is 0 Å². The molecule has 0 spiro atoms. The van der Waals surface area contributed by atoms with Gasteiger partial charge in [-0.3, -0.25) is 4.79 Å². The number of para-hydroxylation sites is 2. The van der Waals surface area contributed by atoms with Gasteiger partial charge in [-0.25, -0.2) is 0 Å². The number of nitrogens with zero attached hydrogens (tertiary/aromatic N) is 1. The van der Waals surface area contributed by atoms with Crippen molar-refractivity contribution >= 4 is 23.0 Å². The average molecular weight is 245 g/mol. The molecule has 1 atom stereocenters. The first-order valence-electron chi connectivity index (χ1n) is 6.20. The van der Waals surface area contributed by atoms with Gasteiger partial charge in [0.05, 0.1) is 0 Å². The van der Waals surface area contributed by atoms with Gasteiger partial charge in [-0.1, -0.05) is 12.1 Å². The smallest absolute Gasteiger partial charge is 0.295 e. The maximum absolute atomic E-state index is 11.2. The molecule has 1 amide bonds. The van der Waals surface area contributed by atoms with Gasteiger partial charge in [-0.15, -0.1) is 0 Å². The first kappa shape index (κ1) is 11.1. The van der Waals surface area contributed by atoms with Crippen molar-refractivity contribution in [2.75, 3.05) is 11.9 Å². The topological polar surface area (TPSA) is 67.2 Å². The third kappa shape index (κ3) is 2.30. The summed E-state index contributed by atoms with van der Waals surface area (Å²) >= 11 is 0. The van der Waals surface area contributed by atoms with Crippen molar-refractivity contribution in [2.24, 2.45) is 0 Å². The molecule has 1 aromatic carbocycles. The molecule has 0 bridgehead atoms. The van der Waals surface area contributed by atoms with Crippen molar-refractivity contribution in [1.82, 2.24) is 10.3 Å². The van der Waals surface area contributed by atoms with Crippen molar-refractivity contribution in [3.05, 3.63) is 24.3 Å². The summed E-state index contributed by atoms with van der Waals surface area (Å²) in [4.78, 5) is 15.6. The van der Waals surface area contributed by atoms with E-state index in [4.69, 9.17) is 4.42 Å². The van der Waals surface area contributed by atoms with Crippen LogP contribution in [0.15, 0.2) is 28.7 Å². The molecule has 1 aliphatic heterocycles. The number of anilines is 1. The number of carbonyl (C=O) groups excluding carboxylic acids is 1. The summed E-state index contributed by atoms with van der Waals surface area (Å²) in [6.07, 6.45) is 2.26.